The van der Waals surface area contributed by atoms with E-state index in [2.05, 4.69) is 15.0 Å². The van der Waals surface area contributed by atoms with Crippen LogP contribution >= 0.6 is 11.8 Å². The molecule has 0 saturated carbocycles. The van der Waals surface area contributed by atoms with Crippen LogP contribution in [-0.4, -0.2) is 75.7 Å². The Bertz CT molecular complexity index is 1320. The van der Waals surface area contributed by atoms with Gasteiger partial charge in [0, 0.05) is 37.6 Å². The number of fused-ring (bicyclic) bond motifs is 1. The van der Waals surface area contributed by atoms with E-state index in [9.17, 15) is 13.2 Å². The molecule has 0 bridgehead atoms. The summed E-state index contributed by atoms with van der Waals surface area (Å²) in [5.74, 6) is 0.569. The quantitative estimate of drug-likeness (QED) is 0.348. The second-order valence-corrected chi connectivity index (χ2v) is 10.3. The highest BCUT2D eigenvalue weighted by atomic mass is 32.2. The van der Waals surface area contributed by atoms with Crippen LogP contribution in [0.25, 0.3) is 10.9 Å². The third kappa shape index (κ3) is 4.74. The number of thioether (sulfide) groups is 1. The lowest BCUT2D eigenvalue weighted by molar-refractivity contribution is -0.141. The average Bonchev–Trinajstić information content (AvgIpc) is 3.51. The SMILES string of the molecule is COCCOc1cc(N(C)S(=O)(=O)c2ccccn2)c2[nH]c(C3=N[C@@H](C(=O)OC)CS3)cc2c1. The Morgan fingerprint density at radius 1 is 1.24 bits per heavy atom. The zero-order valence-corrected chi connectivity index (χ0v) is 20.5. The lowest BCUT2D eigenvalue weighted by Crippen LogP contribution is -2.27. The number of carbonyl (C=O) groups is 1. The molecule has 0 amide bonds. The number of methoxy groups -OCH3 is 2. The highest BCUT2D eigenvalue weighted by molar-refractivity contribution is 8.14. The number of sulfonamides is 1. The third-order valence-electron chi connectivity index (χ3n) is 5.19. The third-order valence-corrected chi connectivity index (χ3v) is 7.96. The van der Waals surface area contributed by atoms with E-state index >= 15 is 0 Å². The molecule has 1 N–H and O–H groups in total. The predicted octanol–water partition coefficient (Wildman–Crippen LogP) is 2.45. The summed E-state index contributed by atoms with van der Waals surface area (Å²) < 4.78 is 43.3. The van der Waals surface area contributed by atoms with Crippen LogP contribution in [0.2, 0.25) is 0 Å². The van der Waals surface area contributed by atoms with Crippen molar-refractivity contribution in [2.75, 3.05) is 44.5 Å². The number of pyridine rings is 1. The molecular formula is C22H24N4O6S2. The number of aromatic amines is 1. The van der Waals surface area contributed by atoms with E-state index in [4.69, 9.17) is 14.2 Å². The number of aliphatic imine (C=N–C) groups is 1. The molecular weight excluding hydrogens is 480 g/mol. The monoisotopic (exact) mass is 504 g/mol. The molecule has 2 aromatic heterocycles. The fraction of sp³-hybridized carbons (Fsp3) is 0.318. The van der Waals surface area contributed by atoms with Gasteiger partial charge in [0.15, 0.2) is 11.1 Å². The average molecular weight is 505 g/mol. The van der Waals surface area contributed by atoms with E-state index in [1.54, 1.807) is 25.3 Å². The number of ether oxygens (including phenoxy) is 3. The van der Waals surface area contributed by atoms with E-state index in [1.165, 1.54) is 42.5 Å². The van der Waals surface area contributed by atoms with Gasteiger partial charge in [-0.2, -0.15) is 8.42 Å². The number of aromatic nitrogens is 2. The molecule has 0 spiro atoms. The Kier molecular flexibility index (Phi) is 7.10. The van der Waals surface area contributed by atoms with Gasteiger partial charge < -0.3 is 19.2 Å². The van der Waals surface area contributed by atoms with Crippen molar-refractivity contribution >= 4 is 49.4 Å². The molecule has 12 heteroatoms. The summed E-state index contributed by atoms with van der Waals surface area (Å²) in [6, 6.07) is 9.46. The van der Waals surface area contributed by atoms with E-state index < -0.39 is 22.0 Å². The van der Waals surface area contributed by atoms with Crippen molar-refractivity contribution in [2.45, 2.75) is 11.1 Å². The molecule has 1 aromatic carbocycles. The fourth-order valence-corrected chi connectivity index (χ4v) is 5.56. The number of hydrogen-bond donors (Lipinski definition) is 1. The number of nitrogens with one attached hydrogen (secondary N) is 1. The van der Waals surface area contributed by atoms with Gasteiger partial charge in [-0.1, -0.05) is 6.07 Å². The summed E-state index contributed by atoms with van der Waals surface area (Å²) in [7, 11) is 0.439. The molecule has 3 heterocycles. The number of hydrogen-bond acceptors (Lipinski definition) is 9. The minimum atomic E-state index is -3.93. The van der Waals surface area contributed by atoms with Crippen molar-refractivity contribution in [3.8, 4) is 5.75 Å². The van der Waals surface area contributed by atoms with Gasteiger partial charge in [-0.15, -0.1) is 11.8 Å². The summed E-state index contributed by atoms with van der Waals surface area (Å²) in [6.45, 7) is 0.689. The van der Waals surface area contributed by atoms with Crippen LogP contribution in [0, 0.1) is 0 Å². The number of nitrogens with zero attached hydrogens (tertiary/aromatic N) is 3. The van der Waals surface area contributed by atoms with Gasteiger partial charge in [-0.3, -0.25) is 9.30 Å². The second-order valence-electron chi connectivity index (χ2n) is 7.36. The van der Waals surface area contributed by atoms with Crippen LogP contribution in [0.1, 0.15) is 5.69 Å². The topological polar surface area (TPSA) is 123 Å². The van der Waals surface area contributed by atoms with Gasteiger partial charge in [0.25, 0.3) is 10.0 Å². The molecule has 0 unspecified atom stereocenters. The smallest absolute Gasteiger partial charge is 0.331 e. The Morgan fingerprint density at radius 2 is 2.06 bits per heavy atom. The van der Waals surface area contributed by atoms with Crippen LogP contribution in [0.15, 0.2) is 52.6 Å². The Hall–Kier alpha value is -3.09. The summed E-state index contributed by atoms with van der Waals surface area (Å²) in [5.41, 5.74) is 1.64. The molecule has 1 atom stereocenters. The van der Waals surface area contributed by atoms with E-state index in [0.29, 0.717) is 46.7 Å². The first-order valence-corrected chi connectivity index (χ1v) is 12.7. The van der Waals surface area contributed by atoms with Crippen molar-refractivity contribution in [3.63, 3.8) is 0 Å². The van der Waals surface area contributed by atoms with E-state index in [0.717, 1.165) is 5.39 Å². The number of esters is 1. The largest absolute Gasteiger partial charge is 0.491 e. The molecule has 3 aromatic rings. The van der Waals surface area contributed by atoms with Crippen molar-refractivity contribution in [2.24, 2.45) is 4.99 Å². The molecule has 1 aliphatic heterocycles. The first-order valence-electron chi connectivity index (χ1n) is 10.3. The first kappa shape index (κ1) is 24.0. The molecule has 1 aliphatic rings. The summed E-state index contributed by atoms with van der Waals surface area (Å²) in [6.07, 6.45) is 1.43. The van der Waals surface area contributed by atoms with Gasteiger partial charge in [0.2, 0.25) is 0 Å². The zero-order valence-electron chi connectivity index (χ0n) is 18.8. The number of benzene rings is 1. The van der Waals surface area contributed by atoms with Crippen LogP contribution in [-0.2, 0) is 24.3 Å². The van der Waals surface area contributed by atoms with Gasteiger partial charge >= 0.3 is 5.97 Å². The van der Waals surface area contributed by atoms with Crippen molar-refractivity contribution < 1.29 is 27.4 Å². The maximum atomic E-state index is 13.3. The predicted molar refractivity (Wildman–Crippen MR) is 130 cm³/mol. The van der Waals surface area contributed by atoms with Crippen LogP contribution < -0.4 is 9.04 Å². The summed E-state index contributed by atoms with van der Waals surface area (Å²) in [4.78, 5) is 23.6. The van der Waals surface area contributed by atoms with E-state index in [-0.39, 0.29) is 5.03 Å². The zero-order chi connectivity index (χ0) is 24.3. The lowest BCUT2D eigenvalue weighted by atomic mass is 10.2. The van der Waals surface area contributed by atoms with Crippen molar-refractivity contribution in [1.29, 1.82) is 0 Å². The van der Waals surface area contributed by atoms with Crippen molar-refractivity contribution in [3.05, 3.63) is 48.3 Å². The molecule has 0 radical (unpaired) electrons. The number of H-pyrrole nitrogens is 1. The summed E-state index contributed by atoms with van der Waals surface area (Å²) in [5, 5.41) is 1.31. The fourth-order valence-electron chi connectivity index (χ4n) is 3.44. The van der Waals surface area contributed by atoms with Crippen molar-refractivity contribution in [1.82, 2.24) is 9.97 Å². The summed E-state index contributed by atoms with van der Waals surface area (Å²) >= 11 is 1.43. The molecule has 180 valence electrons. The highest BCUT2D eigenvalue weighted by Crippen LogP contribution is 2.36. The van der Waals surface area contributed by atoms with Gasteiger partial charge in [0.1, 0.15) is 17.4 Å². The van der Waals surface area contributed by atoms with E-state index in [1.807, 2.05) is 12.1 Å². The molecule has 0 saturated heterocycles. The Labute approximate surface area is 201 Å². The van der Waals surface area contributed by atoms with Gasteiger partial charge in [-0.05, 0) is 24.3 Å². The highest BCUT2D eigenvalue weighted by Gasteiger charge is 2.29. The van der Waals surface area contributed by atoms with Crippen LogP contribution in [0.5, 0.6) is 5.75 Å². The Balaban J connectivity index is 1.78. The number of carbonyl (C=O) groups excluding carboxylic acids is 1. The normalized spacial score (nSPS) is 15.9. The van der Waals surface area contributed by atoms with Gasteiger partial charge in [0.05, 0.1) is 30.6 Å². The molecule has 0 fully saturated rings. The molecule has 0 aliphatic carbocycles. The second kappa shape index (κ2) is 10.0. The molecule has 10 nitrogen and oxygen atoms in total. The van der Waals surface area contributed by atoms with Crippen LogP contribution in [0.4, 0.5) is 5.69 Å². The van der Waals surface area contributed by atoms with Crippen LogP contribution in [0.3, 0.4) is 0 Å². The number of anilines is 1. The maximum absolute atomic E-state index is 13.3. The maximum Gasteiger partial charge on any atom is 0.331 e. The lowest BCUT2D eigenvalue weighted by Gasteiger charge is -2.20. The Morgan fingerprint density at radius 3 is 2.76 bits per heavy atom. The van der Waals surface area contributed by atoms with Gasteiger partial charge in [-0.25, -0.2) is 9.78 Å². The minimum absolute atomic E-state index is 0.0697. The first-order chi connectivity index (χ1) is 16.3. The number of rotatable bonds is 9. The minimum Gasteiger partial charge on any atom is -0.491 e. The molecule has 34 heavy (non-hydrogen) atoms. The molecule has 4 rings (SSSR count). The standard InChI is InChI=1S/C22H24N4O6S2/c1-26(34(28,29)19-6-4-5-7-23-19)18-12-15(32-9-8-30-2)10-14-11-16(24-20(14)18)21-25-17(13-33-21)22(27)31-3/h4-7,10-12,17,24H,8-9,13H2,1-3H3/t17-/m1/s1.